The second kappa shape index (κ2) is 10.3. The second-order valence-corrected chi connectivity index (χ2v) is 11.5. The summed E-state index contributed by atoms with van der Waals surface area (Å²) in [5.41, 5.74) is 14.6. The van der Waals surface area contributed by atoms with Crippen LogP contribution in [0.5, 0.6) is 0 Å². The molecular weight excluding hydrogens is 384 g/mol. The van der Waals surface area contributed by atoms with Gasteiger partial charge in [-0.05, 0) is 118 Å². The van der Waals surface area contributed by atoms with Crippen LogP contribution in [0.15, 0.2) is 56.7 Å². The summed E-state index contributed by atoms with van der Waals surface area (Å²) >= 11 is 0. The maximum absolute atomic E-state index is 4.74. The molecule has 0 heteroatoms. The highest BCUT2D eigenvalue weighted by molar-refractivity contribution is 5.64. The summed E-state index contributed by atoms with van der Waals surface area (Å²) in [6.07, 6.45) is 10.2. The van der Waals surface area contributed by atoms with Crippen molar-refractivity contribution in [3.05, 3.63) is 56.7 Å². The quantitative estimate of drug-likeness (QED) is 0.349. The molecule has 0 amide bonds. The smallest absolute Gasteiger partial charge is 0.0113 e. The van der Waals surface area contributed by atoms with Gasteiger partial charge in [0.05, 0.1) is 0 Å². The van der Waals surface area contributed by atoms with E-state index in [0.717, 1.165) is 5.92 Å². The molecule has 4 unspecified atom stereocenters. The molecule has 0 spiro atoms. The van der Waals surface area contributed by atoms with Crippen LogP contribution < -0.4 is 0 Å². The standard InChI is InChI=1S/C32H50/c1-11-13-14-26-16-15-20(5)31-25(10)32-24(9)23(8)29(17-27(32)18-30(26)31)22(7)21(6)28(12-2)19(3)4/h19,22-23,27,29H,10-18H2,1-9H3/b28-21+. The molecule has 0 aromatic heterocycles. The first kappa shape index (κ1) is 25.3. The maximum atomic E-state index is 4.74. The molecule has 3 aliphatic rings. The molecule has 0 aromatic rings. The molecule has 32 heavy (non-hydrogen) atoms. The van der Waals surface area contributed by atoms with Crippen molar-refractivity contribution in [2.75, 3.05) is 0 Å². The summed E-state index contributed by atoms with van der Waals surface area (Å²) in [5, 5.41) is 0. The van der Waals surface area contributed by atoms with E-state index in [1.807, 2.05) is 0 Å². The molecule has 1 fully saturated rings. The van der Waals surface area contributed by atoms with E-state index in [1.54, 1.807) is 44.6 Å². The fraction of sp³-hybridized carbons (Fsp3) is 0.688. The highest BCUT2D eigenvalue weighted by atomic mass is 14.5. The Kier molecular flexibility index (Phi) is 8.16. The first-order valence-electron chi connectivity index (χ1n) is 13.6. The summed E-state index contributed by atoms with van der Waals surface area (Å²) in [6, 6.07) is 0. The lowest BCUT2D eigenvalue weighted by Gasteiger charge is -2.46. The number of hydrogen-bond donors (Lipinski definition) is 0. The van der Waals surface area contributed by atoms with Crippen LogP contribution in [-0.4, -0.2) is 0 Å². The minimum absolute atomic E-state index is 0.641. The average Bonchev–Trinajstić information content (AvgIpc) is 2.75. The van der Waals surface area contributed by atoms with E-state index in [4.69, 9.17) is 6.58 Å². The van der Waals surface area contributed by atoms with Gasteiger partial charge in [-0.2, -0.15) is 0 Å². The van der Waals surface area contributed by atoms with Gasteiger partial charge < -0.3 is 0 Å². The van der Waals surface area contributed by atoms with Crippen LogP contribution in [0.1, 0.15) is 114 Å². The zero-order valence-corrected chi connectivity index (χ0v) is 22.8. The van der Waals surface area contributed by atoms with Crippen molar-refractivity contribution in [2.45, 2.75) is 114 Å². The summed E-state index contributed by atoms with van der Waals surface area (Å²) < 4.78 is 0. The van der Waals surface area contributed by atoms with Gasteiger partial charge in [-0.3, -0.25) is 0 Å². The molecule has 0 aromatic carbocycles. The zero-order valence-electron chi connectivity index (χ0n) is 22.8. The van der Waals surface area contributed by atoms with Crippen LogP contribution >= 0.6 is 0 Å². The number of unbranched alkanes of at least 4 members (excludes halogenated alkanes) is 1. The topological polar surface area (TPSA) is 0 Å². The minimum atomic E-state index is 0.641. The van der Waals surface area contributed by atoms with Crippen molar-refractivity contribution in [1.82, 2.24) is 0 Å². The summed E-state index contributed by atoms with van der Waals surface area (Å²) in [6.45, 7) is 26.4. The SMILES string of the molecule is C=C1C2=C(C)CCC(CCCC)=C2CC2CC(C(C)/C(C)=C(\CC)C(C)C)C(C)C(C)=C12. The molecule has 3 rings (SSSR count). The molecule has 0 bridgehead atoms. The highest BCUT2D eigenvalue weighted by Crippen LogP contribution is 2.55. The van der Waals surface area contributed by atoms with Gasteiger partial charge in [0.2, 0.25) is 0 Å². The van der Waals surface area contributed by atoms with Crippen molar-refractivity contribution in [3.63, 3.8) is 0 Å². The van der Waals surface area contributed by atoms with Crippen LogP contribution in [0.2, 0.25) is 0 Å². The fourth-order valence-electron chi connectivity index (χ4n) is 7.38. The average molecular weight is 435 g/mol. The molecule has 0 radical (unpaired) electrons. The van der Waals surface area contributed by atoms with Gasteiger partial charge in [-0.25, -0.2) is 0 Å². The molecule has 178 valence electrons. The Morgan fingerprint density at radius 3 is 2.38 bits per heavy atom. The lowest BCUT2D eigenvalue weighted by molar-refractivity contribution is 0.235. The molecule has 0 aliphatic heterocycles. The Balaban J connectivity index is 2.01. The van der Waals surface area contributed by atoms with Gasteiger partial charge in [-0.1, -0.05) is 82.4 Å². The third-order valence-corrected chi connectivity index (χ3v) is 9.49. The monoisotopic (exact) mass is 434 g/mol. The van der Waals surface area contributed by atoms with Crippen LogP contribution in [0.3, 0.4) is 0 Å². The van der Waals surface area contributed by atoms with Crippen molar-refractivity contribution in [1.29, 1.82) is 0 Å². The van der Waals surface area contributed by atoms with Crippen LogP contribution in [0.4, 0.5) is 0 Å². The van der Waals surface area contributed by atoms with E-state index in [1.165, 1.54) is 56.9 Å². The number of fused-ring (bicyclic) bond motifs is 2. The van der Waals surface area contributed by atoms with E-state index < -0.39 is 0 Å². The molecule has 0 saturated heterocycles. The fourth-order valence-corrected chi connectivity index (χ4v) is 7.38. The first-order chi connectivity index (χ1) is 15.1. The van der Waals surface area contributed by atoms with Crippen LogP contribution in [0.25, 0.3) is 0 Å². The Morgan fingerprint density at radius 2 is 1.78 bits per heavy atom. The minimum Gasteiger partial charge on any atom is -0.0909 e. The second-order valence-electron chi connectivity index (χ2n) is 11.5. The third kappa shape index (κ3) is 4.53. The number of rotatable bonds is 7. The van der Waals surface area contributed by atoms with Crippen LogP contribution in [0, 0.1) is 29.6 Å². The third-order valence-electron chi connectivity index (χ3n) is 9.49. The van der Waals surface area contributed by atoms with Gasteiger partial charge >= 0.3 is 0 Å². The number of allylic oxidation sites excluding steroid dienone is 9. The summed E-state index contributed by atoms with van der Waals surface area (Å²) in [5.74, 6) is 3.37. The largest absolute Gasteiger partial charge is 0.0909 e. The zero-order chi connectivity index (χ0) is 23.7. The summed E-state index contributed by atoms with van der Waals surface area (Å²) in [7, 11) is 0. The lowest BCUT2D eigenvalue weighted by Crippen LogP contribution is -2.34. The predicted octanol–water partition coefficient (Wildman–Crippen LogP) is 10.2. The van der Waals surface area contributed by atoms with E-state index in [2.05, 4.69) is 62.3 Å². The molecular formula is C32H50. The Morgan fingerprint density at radius 1 is 1.09 bits per heavy atom. The van der Waals surface area contributed by atoms with E-state index in [9.17, 15) is 0 Å². The highest BCUT2D eigenvalue weighted by Gasteiger charge is 2.41. The van der Waals surface area contributed by atoms with Gasteiger partial charge in [0, 0.05) is 0 Å². The molecule has 3 aliphatic carbocycles. The van der Waals surface area contributed by atoms with Crippen molar-refractivity contribution < 1.29 is 0 Å². The Hall–Kier alpha value is -1.30. The number of hydrogen-bond acceptors (Lipinski definition) is 0. The van der Waals surface area contributed by atoms with Gasteiger partial charge in [0.15, 0.2) is 0 Å². The van der Waals surface area contributed by atoms with E-state index >= 15 is 0 Å². The summed E-state index contributed by atoms with van der Waals surface area (Å²) in [4.78, 5) is 0. The van der Waals surface area contributed by atoms with Crippen molar-refractivity contribution >= 4 is 0 Å². The molecule has 4 atom stereocenters. The molecule has 0 heterocycles. The maximum Gasteiger partial charge on any atom is -0.0113 e. The molecule has 0 nitrogen and oxygen atoms in total. The Labute approximate surface area is 200 Å². The van der Waals surface area contributed by atoms with Crippen LogP contribution in [-0.2, 0) is 0 Å². The van der Waals surface area contributed by atoms with E-state index in [-0.39, 0.29) is 0 Å². The van der Waals surface area contributed by atoms with Gasteiger partial charge in [0.1, 0.15) is 0 Å². The van der Waals surface area contributed by atoms with E-state index in [0.29, 0.717) is 23.7 Å². The molecule has 0 N–H and O–H groups in total. The lowest BCUT2D eigenvalue weighted by atomic mass is 9.58. The predicted molar refractivity (Wildman–Crippen MR) is 143 cm³/mol. The Bertz CT molecular complexity index is 866. The van der Waals surface area contributed by atoms with Gasteiger partial charge in [-0.15, -0.1) is 0 Å². The first-order valence-corrected chi connectivity index (χ1v) is 13.6. The normalized spacial score (nSPS) is 28.2. The van der Waals surface area contributed by atoms with Gasteiger partial charge in [0.25, 0.3) is 0 Å². The molecule has 1 saturated carbocycles. The van der Waals surface area contributed by atoms with Crippen molar-refractivity contribution in [2.24, 2.45) is 29.6 Å². The van der Waals surface area contributed by atoms with Crippen molar-refractivity contribution in [3.8, 4) is 0 Å².